The minimum absolute atomic E-state index is 0.504. The van der Waals surface area contributed by atoms with Crippen LogP contribution in [0.3, 0.4) is 0 Å². The summed E-state index contributed by atoms with van der Waals surface area (Å²) in [7, 11) is 0. The average Bonchev–Trinajstić information content (AvgIpc) is 2.44. The van der Waals surface area contributed by atoms with Crippen molar-refractivity contribution in [3.8, 4) is 6.07 Å². The molecule has 0 fully saturated rings. The highest BCUT2D eigenvalue weighted by atomic mass is 35.5. The zero-order valence-electron chi connectivity index (χ0n) is 11.1. The van der Waals surface area contributed by atoms with Crippen molar-refractivity contribution in [3.05, 3.63) is 39.0 Å². The van der Waals surface area contributed by atoms with Gasteiger partial charge in [-0.15, -0.1) is 0 Å². The standard InChI is InChI=1S/C15H13Cl2N3/c1-2-20-4-3-14-12(8-20)11(7-18)10-5-9(16)6-13(17)15(10)19-14/h5-6H,2-4,8H2,1H3. The molecule has 20 heavy (non-hydrogen) atoms. The highest BCUT2D eigenvalue weighted by Gasteiger charge is 2.22. The van der Waals surface area contributed by atoms with Crippen LogP contribution in [-0.2, 0) is 13.0 Å². The SMILES string of the molecule is CCN1CCc2nc3c(Cl)cc(Cl)cc3c(C#N)c2C1. The van der Waals surface area contributed by atoms with E-state index in [9.17, 15) is 5.26 Å². The first-order valence-corrected chi connectivity index (χ1v) is 7.32. The molecule has 2 heterocycles. The van der Waals surface area contributed by atoms with Crippen LogP contribution in [0.4, 0.5) is 0 Å². The monoisotopic (exact) mass is 305 g/mol. The third-order valence-electron chi connectivity index (χ3n) is 3.80. The Balaban J connectivity index is 2.32. The summed E-state index contributed by atoms with van der Waals surface area (Å²) in [6.07, 6.45) is 0.854. The van der Waals surface area contributed by atoms with Crippen LogP contribution in [0.1, 0.15) is 23.7 Å². The Morgan fingerprint density at radius 2 is 2.20 bits per heavy atom. The molecule has 3 rings (SSSR count). The van der Waals surface area contributed by atoms with Gasteiger partial charge in [-0.05, 0) is 18.7 Å². The maximum absolute atomic E-state index is 9.55. The molecule has 0 saturated carbocycles. The maximum atomic E-state index is 9.55. The van der Waals surface area contributed by atoms with Crippen molar-refractivity contribution in [3.63, 3.8) is 0 Å². The number of fused-ring (bicyclic) bond motifs is 2. The minimum Gasteiger partial charge on any atom is -0.299 e. The normalized spacial score (nSPS) is 15.1. The molecule has 0 bridgehead atoms. The summed E-state index contributed by atoms with van der Waals surface area (Å²) in [5.74, 6) is 0. The van der Waals surface area contributed by atoms with Crippen LogP contribution < -0.4 is 0 Å². The molecular weight excluding hydrogens is 293 g/mol. The van der Waals surface area contributed by atoms with Gasteiger partial charge >= 0.3 is 0 Å². The number of nitriles is 1. The van der Waals surface area contributed by atoms with E-state index in [-0.39, 0.29) is 0 Å². The van der Waals surface area contributed by atoms with Crippen molar-refractivity contribution < 1.29 is 0 Å². The van der Waals surface area contributed by atoms with Crippen molar-refractivity contribution in [1.82, 2.24) is 9.88 Å². The van der Waals surface area contributed by atoms with Gasteiger partial charge in [-0.25, -0.2) is 0 Å². The summed E-state index contributed by atoms with van der Waals surface area (Å²) in [4.78, 5) is 6.97. The Morgan fingerprint density at radius 3 is 2.90 bits per heavy atom. The van der Waals surface area contributed by atoms with Gasteiger partial charge in [0.2, 0.25) is 0 Å². The summed E-state index contributed by atoms with van der Waals surface area (Å²) in [5.41, 5.74) is 3.35. The predicted octanol–water partition coefficient (Wildman–Crippen LogP) is 3.79. The van der Waals surface area contributed by atoms with Crippen molar-refractivity contribution in [1.29, 1.82) is 5.26 Å². The van der Waals surface area contributed by atoms with Gasteiger partial charge in [-0.1, -0.05) is 30.1 Å². The molecule has 0 saturated heterocycles. The fourth-order valence-electron chi connectivity index (χ4n) is 2.72. The number of hydrogen-bond donors (Lipinski definition) is 0. The van der Waals surface area contributed by atoms with Crippen LogP contribution in [0.15, 0.2) is 12.1 Å². The molecule has 1 aliphatic rings. The Kier molecular flexibility index (Phi) is 3.55. The van der Waals surface area contributed by atoms with Crippen LogP contribution in [0.2, 0.25) is 10.0 Å². The smallest absolute Gasteiger partial charge is 0.100 e. The molecule has 3 nitrogen and oxygen atoms in total. The number of pyridine rings is 1. The molecule has 0 radical (unpaired) electrons. The van der Waals surface area contributed by atoms with E-state index in [1.165, 1.54) is 0 Å². The van der Waals surface area contributed by atoms with Gasteiger partial charge in [0.1, 0.15) is 6.07 Å². The average molecular weight is 306 g/mol. The maximum Gasteiger partial charge on any atom is 0.100 e. The highest BCUT2D eigenvalue weighted by Crippen LogP contribution is 2.33. The van der Waals surface area contributed by atoms with Crippen LogP contribution in [-0.4, -0.2) is 23.0 Å². The summed E-state index contributed by atoms with van der Waals surface area (Å²) < 4.78 is 0. The summed E-state index contributed by atoms with van der Waals surface area (Å²) in [6, 6.07) is 5.76. The number of halogens is 2. The second-order valence-corrected chi connectivity index (χ2v) is 5.77. The van der Waals surface area contributed by atoms with Gasteiger partial charge in [-0.3, -0.25) is 9.88 Å². The molecule has 0 aliphatic carbocycles. The first kappa shape index (κ1) is 13.6. The molecule has 1 aromatic heterocycles. The van der Waals surface area contributed by atoms with E-state index in [0.717, 1.165) is 42.7 Å². The Bertz CT molecular complexity index is 734. The van der Waals surface area contributed by atoms with Gasteiger partial charge in [0.05, 0.1) is 16.1 Å². The van der Waals surface area contributed by atoms with Crippen molar-refractivity contribution >= 4 is 34.1 Å². The van der Waals surface area contributed by atoms with Crippen LogP contribution in [0.5, 0.6) is 0 Å². The second-order valence-electron chi connectivity index (χ2n) is 4.93. The largest absolute Gasteiger partial charge is 0.299 e. The number of benzene rings is 1. The first-order valence-electron chi connectivity index (χ1n) is 6.57. The van der Waals surface area contributed by atoms with E-state index in [2.05, 4.69) is 22.9 Å². The third kappa shape index (κ3) is 2.14. The topological polar surface area (TPSA) is 39.9 Å². The molecule has 1 aromatic carbocycles. The molecule has 0 unspecified atom stereocenters. The Morgan fingerprint density at radius 1 is 1.40 bits per heavy atom. The lowest BCUT2D eigenvalue weighted by atomic mass is 9.96. The first-order chi connectivity index (χ1) is 9.63. The lowest BCUT2D eigenvalue weighted by Gasteiger charge is -2.28. The summed E-state index contributed by atoms with van der Waals surface area (Å²) in [5, 5.41) is 11.3. The third-order valence-corrected chi connectivity index (χ3v) is 4.31. The van der Waals surface area contributed by atoms with Gasteiger partial charge < -0.3 is 0 Å². The molecule has 2 aromatic rings. The quantitative estimate of drug-likeness (QED) is 0.804. The molecule has 5 heteroatoms. The zero-order valence-corrected chi connectivity index (χ0v) is 12.6. The van der Waals surface area contributed by atoms with Crippen molar-refractivity contribution in [2.45, 2.75) is 19.9 Å². The highest BCUT2D eigenvalue weighted by molar-refractivity contribution is 6.38. The molecule has 102 valence electrons. The second kappa shape index (κ2) is 5.21. The van der Waals surface area contributed by atoms with Crippen LogP contribution >= 0.6 is 23.2 Å². The molecular formula is C15H13Cl2N3. The van der Waals surface area contributed by atoms with Crippen molar-refractivity contribution in [2.24, 2.45) is 0 Å². The van der Waals surface area contributed by atoms with Crippen molar-refractivity contribution in [2.75, 3.05) is 13.1 Å². The number of nitrogens with zero attached hydrogens (tertiary/aromatic N) is 3. The van der Waals surface area contributed by atoms with Crippen LogP contribution in [0.25, 0.3) is 10.9 Å². The molecule has 0 atom stereocenters. The lowest BCUT2D eigenvalue weighted by molar-refractivity contribution is 0.266. The predicted molar refractivity (Wildman–Crippen MR) is 81.1 cm³/mol. The number of rotatable bonds is 1. The van der Waals surface area contributed by atoms with E-state index in [1.54, 1.807) is 12.1 Å². The number of hydrogen-bond acceptors (Lipinski definition) is 3. The van der Waals surface area contributed by atoms with Gasteiger partial charge in [0, 0.05) is 41.2 Å². The van der Waals surface area contributed by atoms with E-state index >= 15 is 0 Å². The van der Waals surface area contributed by atoms with Gasteiger partial charge in [0.25, 0.3) is 0 Å². The molecule has 0 amide bonds. The van der Waals surface area contributed by atoms with Crippen LogP contribution in [0, 0.1) is 11.3 Å². The summed E-state index contributed by atoms with van der Waals surface area (Å²) >= 11 is 12.3. The molecule has 0 spiro atoms. The number of aromatic nitrogens is 1. The number of likely N-dealkylation sites (N-methyl/N-ethyl adjacent to an activating group) is 1. The van der Waals surface area contributed by atoms with E-state index in [0.29, 0.717) is 21.1 Å². The molecule has 0 N–H and O–H groups in total. The van der Waals surface area contributed by atoms with E-state index in [4.69, 9.17) is 23.2 Å². The fourth-order valence-corrected chi connectivity index (χ4v) is 3.26. The summed E-state index contributed by atoms with van der Waals surface area (Å²) in [6.45, 7) is 4.83. The lowest BCUT2D eigenvalue weighted by Crippen LogP contribution is -2.31. The minimum atomic E-state index is 0.504. The van der Waals surface area contributed by atoms with Gasteiger partial charge in [-0.2, -0.15) is 5.26 Å². The fraction of sp³-hybridized carbons (Fsp3) is 0.333. The van der Waals surface area contributed by atoms with E-state index < -0.39 is 0 Å². The molecule has 1 aliphatic heterocycles. The Hall–Kier alpha value is -1.34. The zero-order chi connectivity index (χ0) is 14.3. The van der Waals surface area contributed by atoms with Gasteiger partial charge in [0.15, 0.2) is 0 Å². The van der Waals surface area contributed by atoms with E-state index in [1.807, 2.05) is 0 Å². The Labute approximate surface area is 127 Å².